The molecule has 6 heteroatoms. The van der Waals surface area contributed by atoms with Gasteiger partial charge in [0, 0.05) is 0 Å². The number of hydrogen-bond donors (Lipinski definition) is 0. The second-order valence-electron chi connectivity index (χ2n) is 1.91. The molecule has 0 aromatic heterocycles. The summed E-state index contributed by atoms with van der Waals surface area (Å²) in [6.45, 7) is 0. The first-order valence-electron chi connectivity index (χ1n) is 2.90. The quantitative estimate of drug-likeness (QED) is 0.521. The van der Waals surface area contributed by atoms with Gasteiger partial charge in [0.1, 0.15) is 0 Å². The number of benzene rings is 1. The Morgan fingerprint density at radius 1 is 1.17 bits per heavy atom. The molecule has 0 bridgehead atoms. The normalized spacial score (nSPS) is 9.25. The van der Waals surface area contributed by atoms with E-state index in [1.165, 1.54) is 0 Å². The average Bonchev–Trinajstić information content (AvgIpc) is 2.01. The standard InChI is InChI=1S/C6H3F3O.Al.O/c7-4-1-3(10)2-5(8)6(4)9;;/h1-2,10H;;/q;+1;/p-1. The minimum atomic E-state index is -1.61. The fourth-order valence-corrected chi connectivity index (χ4v) is 0.903. The van der Waals surface area contributed by atoms with Crippen LogP contribution >= 0.6 is 0 Å². The number of halogens is 3. The van der Waals surface area contributed by atoms with Gasteiger partial charge in [-0.05, 0) is 0 Å². The summed E-state index contributed by atoms with van der Waals surface area (Å²) in [6, 6.07) is 1.26. The minimum absolute atomic E-state index is 0.281. The van der Waals surface area contributed by atoms with E-state index < -0.39 is 32.9 Å². The van der Waals surface area contributed by atoms with Crippen LogP contribution in [0.2, 0.25) is 0 Å². The molecule has 62 valence electrons. The van der Waals surface area contributed by atoms with Crippen molar-refractivity contribution in [2.45, 2.75) is 0 Å². The average molecular weight is 190 g/mol. The molecule has 0 spiro atoms. The zero-order valence-corrected chi connectivity index (χ0v) is 6.84. The maximum absolute atomic E-state index is 12.4. The van der Waals surface area contributed by atoms with Crippen molar-refractivity contribution < 1.29 is 20.8 Å². The van der Waals surface area contributed by atoms with Gasteiger partial charge in [0.25, 0.3) is 0 Å². The van der Waals surface area contributed by atoms with Gasteiger partial charge in [-0.2, -0.15) is 0 Å². The topological polar surface area (TPSA) is 26.3 Å². The van der Waals surface area contributed by atoms with Gasteiger partial charge < -0.3 is 0 Å². The summed E-state index contributed by atoms with van der Waals surface area (Å²) < 4.78 is 51.3. The Morgan fingerprint density at radius 2 is 1.67 bits per heavy atom. The van der Waals surface area contributed by atoms with Crippen LogP contribution in [0.3, 0.4) is 0 Å². The van der Waals surface area contributed by atoms with Gasteiger partial charge in [0.05, 0.1) is 0 Å². The van der Waals surface area contributed by atoms with E-state index in [9.17, 15) is 17.0 Å². The van der Waals surface area contributed by atoms with Crippen molar-refractivity contribution in [1.29, 1.82) is 0 Å². The predicted octanol–water partition coefficient (Wildman–Crippen LogP) is 1.45. The summed E-state index contributed by atoms with van der Waals surface area (Å²) in [5, 5.41) is 0. The Bertz CT molecular complexity index is 293. The van der Waals surface area contributed by atoms with Crippen molar-refractivity contribution in [2.24, 2.45) is 0 Å². The molecule has 0 unspecified atom stereocenters. The second-order valence-corrected chi connectivity index (χ2v) is 2.34. The van der Waals surface area contributed by atoms with Crippen LogP contribution in [0.15, 0.2) is 12.1 Å². The molecule has 0 aliphatic rings. The van der Waals surface area contributed by atoms with Crippen LogP contribution in [0, 0.1) is 17.5 Å². The Balaban J connectivity index is 3.11. The van der Waals surface area contributed by atoms with Gasteiger partial charge in [-0.1, -0.05) is 0 Å². The fraction of sp³-hybridized carbons (Fsp3) is 0. The number of rotatable bonds is 2. The van der Waals surface area contributed by atoms with Crippen molar-refractivity contribution in [2.75, 3.05) is 0 Å². The van der Waals surface area contributed by atoms with Crippen LogP contribution in [0.4, 0.5) is 13.2 Å². The summed E-state index contributed by atoms with van der Waals surface area (Å²) in [7, 11) is 0. The van der Waals surface area contributed by atoms with E-state index in [1.54, 1.807) is 0 Å². The first-order chi connectivity index (χ1) is 5.65. The van der Waals surface area contributed by atoms with Gasteiger partial charge in [-0.15, -0.1) is 0 Å². The molecule has 0 saturated carbocycles. The third-order valence-corrected chi connectivity index (χ3v) is 1.51. The predicted molar refractivity (Wildman–Crippen MR) is 33.4 cm³/mol. The summed E-state index contributed by atoms with van der Waals surface area (Å²) >= 11 is -1.61. The van der Waals surface area contributed by atoms with E-state index in [4.69, 9.17) is 0 Å². The molecule has 0 fully saturated rings. The van der Waals surface area contributed by atoms with Crippen LogP contribution in [0.1, 0.15) is 0 Å². The summed E-state index contributed by atoms with van der Waals surface area (Å²) in [4.78, 5) is 0. The third kappa shape index (κ3) is 1.84. The van der Waals surface area contributed by atoms with Crippen molar-refractivity contribution >= 4 is 15.5 Å². The Hall–Kier alpha value is -0.858. The molecule has 1 aromatic carbocycles. The molecule has 0 heterocycles. The van der Waals surface area contributed by atoms with Crippen LogP contribution in [0.25, 0.3) is 0 Å². The molecule has 12 heavy (non-hydrogen) atoms. The Morgan fingerprint density at radius 3 is 2.08 bits per heavy atom. The molecule has 1 aromatic rings. The summed E-state index contributed by atoms with van der Waals surface area (Å²) in [6.07, 6.45) is 0. The SMILES string of the molecule is [O]=[Al][O]c1cc(F)c(F)c(F)c1. The van der Waals surface area contributed by atoms with E-state index in [2.05, 4.69) is 3.79 Å². The van der Waals surface area contributed by atoms with Crippen LogP contribution in [-0.4, -0.2) is 15.5 Å². The van der Waals surface area contributed by atoms with Crippen LogP contribution in [-0.2, 0) is 3.80 Å². The van der Waals surface area contributed by atoms with E-state index in [0.29, 0.717) is 12.1 Å². The zero-order chi connectivity index (χ0) is 9.14. The molecular weight excluding hydrogens is 188 g/mol. The first-order valence-corrected chi connectivity index (χ1v) is 3.84. The van der Waals surface area contributed by atoms with E-state index in [1.807, 2.05) is 0 Å². The van der Waals surface area contributed by atoms with Gasteiger partial charge >= 0.3 is 71.6 Å². The molecule has 0 aliphatic heterocycles. The van der Waals surface area contributed by atoms with E-state index in [0.717, 1.165) is 0 Å². The van der Waals surface area contributed by atoms with Crippen LogP contribution < -0.4 is 3.79 Å². The maximum atomic E-state index is 12.4. The Labute approximate surface area is 72.2 Å². The molecule has 2 nitrogen and oxygen atoms in total. The van der Waals surface area contributed by atoms with E-state index in [-0.39, 0.29) is 5.75 Å². The summed E-state index contributed by atoms with van der Waals surface area (Å²) in [5.74, 6) is -4.57. The first kappa shape index (κ1) is 9.23. The molecular formula is C6H2AlF3O2. The van der Waals surface area contributed by atoms with Crippen molar-refractivity contribution in [1.82, 2.24) is 0 Å². The molecule has 1 rings (SSSR count). The van der Waals surface area contributed by atoms with Gasteiger partial charge in [0.15, 0.2) is 0 Å². The van der Waals surface area contributed by atoms with Crippen molar-refractivity contribution in [3.05, 3.63) is 29.6 Å². The van der Waals surface area contributed by atoms with Crippen molar-refractivity contribution in [3.8, 4) is 5.75 Å². The van der Waals surface area contributed by atoms with Crippen LogP contribution in [0.5, 0.6) is 5.75 Å². The molecule has 0 radical (unpaired) electrons. The molecule has 0 aliphatic carbocycles. The molecule has 0 amide bonds. The third-order valence-electron chi connectivity index (χ3n) is 1.14. The zero-order valence-electron chi connectivity index (χ0n) is 5.68. The van der Waals surface area contributed by atoms with Gasteiger partial charge in [-0.25, -0.2) is 0 Å². The molecule has 0 saturated heterocycles. The summed E-state index contributed by atoms with van der Waals surface area (Å²) in [5.41, 5.74) is 0. The van der Waals surface area contributed by atoms with E-state index >= 15 is 0 Å². The van der Waals surface area contributed by atoms with Gasteiger partial charge in [0.2, 0.25) is 0 Å². The monoisotopic (exact) mass is 190 g/mol. The molecule has 0 N–H and O–H groups in total. The second kappa shape index (κ2) is 3.70. The van der Waals surface area contributed by atoms with Crippen molar-refractivity contribution in [3.63, 3.8) is 0 Å². The molecule has 0 atom stereocenters. The Kier molecular flexibility index (Phi) is 2.84. The number of hydrogen-bond acceptors (Lipinski definition) is 2. The van der Waals surface area contributed by atoms with Gasteiger partial charge in [-0.3, -0.25) is 0 Å². The fourth-order valence-electron chi connectivity index (χ4n) is 0.656.